The molecule has 0 saturated heterocycles. The molecule has 31 heavy (non-hydrogen) atoms. The van der Waals surface area contributed by atoms with Crippen molar-refractivity contribution >= 4 is 28.1 Å². The summed E-state index contributed by atoms with van der Waals surface area (Å²) in [5, 5.41) is 15.3. The van der Waals surface area contributed by atoms with E-state index in [2.05, 4.69) is 10.1 Å². The van der Waals surface area contributed by atoms with E-state index in [0.29, 0.717) is 43.7 Å². The van der Waals surface area contributed by atoms with Crippen molar-refractivity contribution in [2.24, 2.45) is 0 Å². The first-order valence-corrected chi connectivity index (χ1v) is 9.73. The molecule has 10 nitrogen and oxygen atoms in total. The number of ether oxygens (including phenoxy) is 3. The number of hydrogen-bond donors (Lipinski definition) is 0. The van der Waals surface area contributed by atoms with E-state index in [1.165, 1.54) is 38.0 Å². The Labute approximate surface area is 179 Å². The lowest BCUT2D eigenvalue weighted by Crippen LogP contribution is -2.23. The van der Waals surface area contributed by atoms with Crippen LogP contribution < -0.4 is 24.3 Å². The molecule has 0 fully saturated rings. The van der Waals surface area contributed by atoms with E-state index in [0.717, 1.165) is 11.3 Å². The third kappa shape index (κ3) is 3.66. The van der Waals surface area contributed by atoms with Crippen LogP contribution >= 0.6 is 11.3 Å². The summed E-state index contributed by atoms with van der Waals surface area (Å²) in [6.07, 6.45) is 1.58. The van der Waals surface area contributed by atoms with Crippen molar-refractivity contribution in [2.45, 2.75) is 0 Å². The summed E-state index contributed by atoms with van der Waals surface area (Å²) >= 11 is 1.14. The van der Waals surface area contributed by atoms with Gasteiger partial charge >= 0.3 is 0 Å². The molecule has 11 heteroatoms. The van der Waals surface area contributed by atoms with Crippen LogP contribution in [0.5, 0.6) is 17.2 Å². The van der Waals surface area contributed by atoms with Crippen LogP contribution in [0.25, 0.3) is 22.4 Å². The number of nitro benzene ring substituents is 1. The molecule has 4 rings (SSSR count). The SMILES string of the molecule is COc1cc(-c2nc3sc(=Cc4cccc([N+](=O)[O-])c4)c(=O)n3n2)cc(OC)c1OC. The molecule has 0 amide bonds. The van der Waals surface area contributed by atoms with Crippen LogP contribution in [0, 0.1) is 10.1 Å². The number of fused-ring (bicyclic) bond motifs is 1. The molecule has 2 aromatic carbocycles. The second-order valence-corrected chi connectivity index (χ2v) is 7.32. The van der Waals surface area contributed by atoms with Gasteiger partial charge in [0.25, 0.3) is 11.2 Å². The van der Waals surface area contributed by atoms with Crippen molar-refractivity contribution in [1.82, 2.24) is 14.6 Å². The summed E-state index contributed by atoms with van der Waals surface area (Å²) in [5.41, 5.74) is 0.720. The van der Waals surface area contributed by atoms with Gasteiger partial charge in [-0.25, -0.2) is 0 Å². The van der Waals surface area contributed by atoms with Gasteiger partial charge in [-0.15, -0.1) is 5.10 Å². The molecule has 0 aliphatic heterocycles. The Morgan fingerprint density at radius 2 is 1.81 bits per heavy atom. The zero-order valence-corrected chi connectivity index (χ0v) is 17.5. The standard InChI is InChI=1S/C20H16N4O6S/c1-28-14-9-12(10-15(29-2)17(14)30-3)18-21-20-23(22-18)19(25)16(31-20)8-11-5-4-6-13(7-11)24(26)27/h4-10H,1-3H3. The van der Waals surface area contributed by atoms with Gasteiger partial charge < -0.3 is 14.2 Å². The number of rotatable bonds is 6. The molecule has 0 unspecified atom stereocenters. The molecule has 0 radical (unpaired) electrons. The molecule has 2 heterocycles. The van der Waals surface area contributed by atoms with Crippen molar-refractivity contribution in [2.75, 3.05) is 21.3 Å². The monoisotopic (exact) mass is 440 g/mol. The fourth-order valence-electron chi connectivity index (χ4n) is 3.05. The van der Waals surface area contributed by atoms with Gasteiger partial charge in [-0.05, 0) is 23.8 Å². The van der Waals surface area contributed by atoms with E-state index in [9.17, 15) is 14.9 Å². The van der Waals surface area contributed by atoms with Gasteiger partial charge in [0.05, 0.1) is 30.8 Å². The predicted molar refractivity (Wildman–Crippen MR) is 114 cm³/mol. The van der Waals surface area contributed by atoms with Gasteiger partial charge in [-0.2, -0.15) is 9.50 Å². The lowest BCUT2D eigenvalue weighted by molar-refractivity contribution is -0.384. The number of hydrogen-bond acceptors (Lipinski definition) is 9. The van der Waals surface area contributed by atoms with Crippen LogP contribution in [-0.4, -0.2) is 40.9 Å². The topological polar surface area (TPSA) is 118 Å². The lowest BCUT2D eigenvalue weighted by atomic mass is 10.1. The molecule has 0 aliphatic carbocycles. The number of nitrogens with zero attached hydrogens (tertiary/aromatic N) is 4. The number of methoxy groups -OCH3 is 3. The molecule has 0 spiro atoms. The Balaban J connectivity index is 1.79. The third-order valence-electron chi connectivity index (χ3n) is 4.48. The van der Waals surface area contributed by atoms with Crippen molar-refractivity contribution in [1.29, 1.82) is 0 Å². The smallest absolute Gasteiger partial charge is 0.291 e. The molecular weight excluding hydrogens is 424 g/mol. The van der Waals surface area contributed by atoms with Crippen LogP contribution in [0.1, 0.15) is 5.56 Å². The Morgan fingerprint density at radius 3 is 2.39 bits per heavy atom. The summed E-state index contributed by atoms with van der Waals surface area (Å²) in [6, 6.07) is 9.43. The van der Waals surface area contributed by atoms with Gasteiger partial charge in [0.2, 0.25) is 10.7 Å². The first-order valence-electron chi connectivity index (χ1n) is 8.91. The highest BCUT2D eigenvalue weighted by molar-refractivity contribution is 7.15. The number of non-ortho nitro benzene ring substituents is 1. The van der Waals surface area contributed by atoms with Crippen LogP contribution in [0.4, 0.5) is 5.69 Å². The Morgan fingerprint density at radius 1 is 1.10 bits per heavy atom. The Hall–Kier alpha value is -3.99. The highest BCUT2D eigenvalue weighted by Gasteiger charge is 2.18. The maximum atomic E-state index is 12.8. The molecule has 0 N–H and O–H groups in total. The Kier molecular flexibility index (Phi) is 5.26. The molecule has 0 bridgehead atoms. The fraction of sp³-hybridized carbons (Fsp3) is 0.150. The second-order valence-electron chi connectivity index (χ2n) is 6.31. The van der Waals surface area contributed by atoms with Crippen molar-refractivity contribution in [3.63, 3.8) is 0 Å². The van der Waals surface area contributed by atoms with E-state index in [4.69, 9.17) is 14.2 Å². The summed E-state index contributed by atoms with van der Waals surface area (Å²) in [5.74, 6) is 1.65. The predicted octanol–water partition coefficient (Wildman–Crippen LogP) is 2.30. The van der Waals surface area contributed by atoms with E-state index in [-0.39, 0.29) is 11.2 Å². The summed E-state index contributed by atoms with van der Waals surface area (Å²) < 4.78 is 17.6. The van der Waals surface area contributed by atoms with Gasteiger partial charge in [0, 0.05) is 17.7 Å². The second kappa shape index (κ2) is 8.03. The average Bonchev–Trinajstić information content (AvgIpc) is 3.32. The quantitative estimate of drug-likeness (QED) is 0.331. The number of benzene rings is 2. The molecule has 158 valence electrons. The largest absolute Gasteiger partial charge is 0.493 e. The molecule has 0 aliphatic rings. The van der Waals surface area contributed by atoms with E-state index >= 15 is 0 Å². The number of thiazole rings is 1. The van der Waals surface area contributed by atoms with Gasteiger partial charge in [0.15, 0.2) is 17.3 Å². The van der Waals surface area contributed by atoms with Crippen LogP contribution in [0.3, 0.4) is 0 Å². The maximum Gasteiger partial charge on any atom is 0.291 e. The summed E-state index contributed by atoms with van der Waals surface area (Å²) in [4.78, 5) is 28.1. The first kappa shape index (κ1) is 20.3. The summed E-state index contributed by atoms with van der Waals surface area (Å²) in [6.45, 7) is 0. The summed E-state index contributed by atoms with van der Waals surface area (Å²) in [7, 11) is 4.52. The van der Waals surface area contributed by atoms with Crippen LogP contribution in [0.15, 0.2) is 41.2 Å². The van der Waals surface area contributed by atoms with Crippen molar-refractivity contribution in [3.8, 4) is 28.6 Å². The van der Waals surface area contributed by atoms with E-state index < -0.39 is 4.92 Å². The molecule has 2 aromatic heterocycles. The Bertz CT molecular complexity index is 1390. The highest BCUT2D eigenvalue weighted by Crippen LogP contribution is 2.40. The van der Waals surface area contributed by atoms with Gasteiger partial charge in [0.1, 0.15) is 0 Å². The van der Waals surface area contributed by atoms with Gasteiger partial charge in [-0.1, -0.05) is 23.5 Å². The average molecular weight is 440 g/mol. The minimum Gasteiger partial charge on any atom is -0.493 e. The zero-order chi connectivity index (χ0) is 22.1. The van der Waals surface area contributed by atoms with Crippen LogP contribution in [-0.2, 0) is 0 Å². The molecule has 0 atom stereocenters. The molecule has 0 saturated carbocycles. The fourth-order valence-corrected chi connectivity index (χ4v) is 3.95. The van der Waals surface area contributed by atoms with E-state index in [1.54, 1.807) is 30.3 Å². The van der Waals surface area contributed by atoms with Gasteiger partial charge in [-0.3, -0.25) is 14.9 Å². The molecule has 4 aromatic rings. The molecular formula is C20H16N4O6S. The maximum absolute atomic E-state index is 12.8. The lowest BCUT2D eigenvalue weighted by Gasteiger charge is -2.12. The van der Waals surface area contributed by atoms with Crippen molar-refractivity contribution < 1.29 is 19.1 Å². The number of nitro groups is 1. The third-order valence-corrected chi connectivity index (χ3v) is 5.44. The zero-order valence-electron chi connectivity index (χ0n) is 16.7. The number of aromatic nitrogens is 3. The highest BCUT2D eigenvalue weighted by atomic mass is 32.1. The minimum absolute atomic E-state index is 0.0506. The van der Waals surface area contributed by atoms with E-state index in [1.807, 2.05) is 0 Å². The van der Waals surface area contributed by atoms with Crippen LogP contribution in [0.2, 0.25) is 0 Å². The minimum atomic E-state index is -0.484. The first-order chi connectivity index (χ1) is 14.9. The normalized spacial score (nSPS) is 11.6. The van der Waals surface area contributed by atoms with Crippen molar-refractivity contribution in [3.05, 3.63) is 67.0 Å².